The van der Waals surface area contributed by atoms with Crippen LogP contribution in [-0.2, 0) is 22.5 Å². The number of rotatable bonds is 6. The van der Waals surface area contributed by atoms with E-state index in [1.54, 1.807) is 4.57 Å². The second kappa shape index (κ2) is 7.74. The molecule has 5 nitrogen and oxygen atoms in total. The summed E-state index contributed by atoms with van der Waals surface area (Å²) in [6.07, 6.45) is 0.819. The van der Waals surface area contributed by atoms with Crippen LogP contribution in [0.5, 0.6) is 11.6 Å². The highest BCUT2D eigenvalue weighted by molar-refractivity contribution is 5.86. The second-order valence-electron chi connectivity index (χ2n) is 6.23. The van der Waals surface area contributed by atoms with Crippen molar-refractivity contribution in [2.45, 2.75) is 47.6 Å². The maximum Gasteiger partial charge on any atom is 0.337 e. The van der Waals surface area contributed by atoms with Gasteiger partial charge in [0, 0.05) is 13.7 Å². The normalized spacial score (nSPS) is 11.0. The maximum atomic E-state index is 12.0. The summed E-state index contributed by atoms with van der Waals surface area (Å²) >= 11 is 0. The molecule has 0 amide bonds. The van der Waals surface area contributed by atoms with Crippen LogP contribution in [0.1, 0.15) is 36.2 Å². The number of esters is 1. The van der Waals surface area contributed by atoms with Crippen molar-refractivity contribution in [2.75, 3.05) is 13.7 Å². The number of ether oxygens (including phenoxy) is 2. The van der Waals surface area contributed by atoms with E-state index in [-0.39, 0.29) is 12.5 Å². The quantitative estimate of drug-likeness (QED) is 0.806. The number of methoxy groups -OCH3 is 1. The molecule has 0 spiro atoms. The van der Waals surface area contributed by atoms with E-state index in [2.05, 4.69) is 26.0 Å². The molecular weight excluding hydrogens is 318 g/mol. The minimum absolute atomic E-state index is 0.127. The van der Waals surface area contributed by atoms with E-state index >= 15 is 0 Å². The van der Waals surface area contributed by atoms with Gasteiger partial charge in [-0.25, -0.2) is 4.79 Å². The first-order chi connectivity index (χ1) is 11.8. The van der Waals surface area contributed by atoms with Crippen LogP contribution in [0.3, 0.4) is 0 Å². The van der Waals surface area contributed by atoms with E-state index in [0.717, 1.165) is 28.8 Å². The number of aromatic hydroxyl groups is 1. The van der Waals surface area contributed by atoms with Crippen LogP contribution < -0.4 is 4.74 Å². The Kier molecular flexibility index (Phi) is 5.90. The summed E-state index contributed by atoms with van der Waals surface area (Å²) in [6.45, 7) is 10.4. The summed E-state index contributed by atoms with van der Waals surface area (Å²) in [6, 6.07) is 4.19. The van der Waals surface area contributed by atoms with Crippen LogP contribution in [0.25, 0.3) is 11.1 Å². The molecule has 136 valence electrons. The molecule has 0 saturated carbocycles. The summed E-state index contributed by atoms with van der Waals surface area (Å²) in [4.78, 5) is 12.0. The fourth-order valence-electron chi connectivity index (χ4n) is 3.39. The van der Waals surface area contributed by atoms with Crippen molar-refractivity contribution in [1.29, 1.82) is 0 Å². The summed E-state index contributed by atoms with van der Waals surface area (Å²) in [5.41, 5.74) is 5.57. The van der Waals surface area contributed by atoms with E-state index in [1.807, 2.05) is 20.8 Å². The van der Waals surface area contributed by atoms with E-state index in [9.17, 15) is 9.90 Å². The number of aromatic nitrogens is 1. The third-order valence-corrected chi connectivity index (χ3v) is 4.43. The average Bonchev–Trinajstić information content (AvgIpc) is 2.77. The molecule has 0 aliphatic carbocycles. The van der Waals surface area contributed by atoms with Crippen LogP contribution in [-0.4, -0.2) is 29.4 Å². The van der Waals surface area contributed by atoms with Crippen molar-refractivity contribution < 1.29 is 19.4 Å². The standard InChI is InChI=1S/C20H27NO4/c1-7-15-10-12(3)9-13(4)17(15)18-19(25-16(22)11-24-6)14(5)21(8-2)20(18)23/h9-10,23H,7-8,11H2,1-6H3. The van der Waals surface area contributed by atoms with Gasteiger partial charge in [-0.2, -0.15) is 0 Å². The van der Waals surface area contributed by atoms with Crippen molar-refractivity contribution in [2.24, 2.45) is 0 Å². The van der Waals surface area contributed by atoms with Gasteiger partial charge < -0.3 is 19.1 Å². The maximum absolute atomic E-state index is 12.0. The molecule has 2 rings (SSSR count). The lowest BCUT2D eigenvalue weighted by molar-refractivity contribution is -0.138. The topological polar surface area (TPSA) is 60.7 Å². The fraction of sp³-hybridized carbons (Fsp3) is 0.450. The molecule has 0 aliphatic rings. The summed E-state index contributed by atoms with van der Waals surface area (Å²) in [7, 11) is 1.45. The number of nitrogens with zero attached hydrogens (tertiary/aromatic N) is 1. The van der Waals surface area contributed by atoms with Gasteiger partial charge in [0.2, 0.25) is 5.88 Å². The van der Waals surface area contributed by atoms with Gasteiger partial charge in [0.25, 0.3) is 0 Å². The zero-order valence-corrected chi connectivity index (χ0v) is 15.9. The smallest absolute Gasteiger partial charge is 0.337 e. The molecule has 0 atom stereocenters. The molecule has 0 bridgehead atoms. The molecule has 1 heterocycles. The van der Waals surface area contributed by atoms with Crippen molar-refractivity contribution >= 4 is 5.97 Å². The van der Waals surface area contributed by atoms with Gasteiger partial charge in [0.15, 0.2) is 5.75 Å². The molecule has 5 heteroatoms. The Morgan fingerprint density at radius 3 is 2.40 bits per heavy atom. The number of hydrogen-bond donors (Lipinski definition) is 1. The van der Waals surface area contributed by atoms with Crippen molar-refractivity contribution in [3.05, 3.63) is 34.5 Å². The summed E-state index contributed by atoms with van der Waals surface area (Å²) < 4.78 is 12.2. The van der Waals surface area contributed by atoms with Crippen LogP contribution in [0.15, 0.2) is 12.1 Å². The zero-order chi connectivity index (χ0) is 18.7. The Hall–Kier alpha value is -2.27. The lowest BCUT2D eigenvalue weighted by atomic mass is 9.92. The third kappa shape index (κ3) is 3.56. The van der Waals surface area contributed by atoms with Crippen LogP contribution >= 0.6 is 0 Å². The first kappa shape index (κ1) is 19.1. The van der Waals surface area contributed by atoms with Gasteiger partial charge in [0.1, 0.15) is 6.61 Å². The number of hydrogen-bond acceptors (Lipinski definition) is 4. The van der Waals surface area contributed by atoms with Gasteiger partial charge in [0.05, 0.1) is 11.3 Å². The number of carbonyl (C=O) groups is 1. The van der Waals surface area contributed by atoms with Crippen molar-refractivity contribution in [3.63, 3.8) is 0 Å². The molecule has 0 aliphatic heterocycles. The SMILES string of the molecule is CCc1cc(C)cc(C)c1-c1c(OC(=O)COC)c(C)n(CC)c1O. The predicted octanol–water partition coefficient (Wildman–Crippen LogP) is 3.92. The molecular formula is C20H27NO4. The molecule has 2 aromatic rings. The van der Waals surface area contributed by atoms with E-state index in [4.69, 9.17) is 9.47 Å². The lowest BCUT2D eigenvalue weighted by Crippen LogP contribution is -2.15. The monoisotopic (exact) mass is 345 g/mol. The second-order valence-corrected chi connectivity index (χ2v) is 6.23. The average molecular weight is 345 g/mol. The van der Waals surface area contributed by atoms with Gasteiger partial charge in [-0.3, -0.25) is 0 Å². The highest BCUT2D eigenvalue weighted by Gasteiger charge is 2.26. The third-order valence-electron chi connectivity index (χ3n) is 4.43. The molecule has 0 radical (unpaired) electrons. The van der Waals surface area contributed by atoms with Gasteiger partial charge in [-0.05, 0) is 50.8 Å². The molecule has 0 fully saturated rings. The van der Waals surface area contributed by atoms with E-state index in [1.165, 1.54) is 12.7 Å². The molecule has 1 aromatic carbocycles. The number of aryl methyl sites for hydroxylation is 3. The van der Waals surface area contributed by atoms with Gasteiger partial charge in [-0.15, -0.1) is 0 Å². The summed E-state index contributed by atoms with van der Waals surface area (Å²) in [5, 5.41) is 10.8. The van der Waals surface area contributed by atoms with Crippen LogP contribution in [0.2, 0.25) is 0 Å². The Morgan fingerprint density at radius 2 is 1.84 bits per heavy atom. The molecule has 0 saturated heterocycles. The van der Waals surface area contributed by atoms with Crippen molar-refractivity contribution in [1.82, 2.24) is 4.57 Å². The van der Waals surface area contributed by atoms with Crippen LogP contribution in [0.4, 0.5) is 0 Å². The Labute approximate surface area is 149 Å². The highest BCUT2D eigenvalue weighted by Crippen LogP contribution is 2.46. The fourth-order valence-corrected chi connectivity index (χ4v) is 3.39. The molecule has 25 heavy (non-hydrogen) atoms. The predicted molar refractivity (Wildman–Crippen MR) is 98.3 cm³/mol. The first-order valence-electron chi connectivity index (χ1n) is 8.57. The molecule has 1 N–H and O–H groups in total. The van der Waals surface area contributed by atoms with Crippen molar-refractivity contribution in [3.8, 4) is 22.8 Å². The number of carbonyl (C=O) groups excluding carboxylic acids is 1. The zero-order valence-electron chi connectivity index (χ0n) is 15.9. The van der Waals surface area contributed by atoms with E-state index in [0.29, 0.717) is 17.9 Å². The Bertz CT molecular complexity index is 790. The molecule has 1 aromatic heterocycles. The minimum Gasteiger partial charge on any atom is -0.494 e. The lowest BCUT2D eigenvalue weighted by Gasteiger charge is -2.14. The van der Waals surface area contributed by atoms with Gasteiger partial charge in [-0.1, -0.05) is 24.6 Å². The van der Waals surface area contributed by atoms with E-state index < -0.39 is 5.97 Å². The van der Waals surface area contributed by atoms with Gasteiger partial charge >= 0.3 is 5.97 Å². The summed E-state index contributed by atoms with van der Waals surface area (Å²) in [5.74, 6) is 0.0489. The molecule has 0 unspecified atom stereocenters. The minimum atomic E-state index is -0.483. The Morgan fingerprint density at radius 1 is 1.16 bits per heavy atom. The van der Waals surface area contributed by atoms with Crippen LogP contribution in [0, 0.1) is 20.8 Å². The highest BCUT2D eigenvalue weighted by atomic mass is 16.6. The Balaban J connectivity index is 2.75. The largest absolute Gasteiger partial charge is 0.494 e. The first-order valence-corrected chi connectivity index (χ1v) is 8.57. The number of benzene rings is 1.